The van der Waals surface area contributed by atoms with Crippen LogP contribution in [0, 0.1) is 0 Å². The summed E-state index contributed by atoms with van der Waals surface area (Å²) in [5.74, 6) is 0.188. The molecule has 1 aromatic rings. The minimum absolute atomic E-state index is 0.0619. The van der Waals surface area contributed by atoms with Gasteiger partial charge in [-0.1, -0.05) is 6.92 Å². The first-order valence-corrected chi connectivity index (χ1v) is 5.03. The van der Waals surface area contributed by atoms with E-state index in [0.717, 1.165) is 12.8 Å². The lowest BCUT2D eigenvalue weighted by molar-refractivity contribution is 0.0688. The molecule has 5 heteroatoms. The van der Waals surface area contributed by atoms with Gasteiger partial charge in [0.15, 0.2) is 5.69 Å². The molecule has 0 unspecified atom stereocenters. The summed E-state index contributed by atoms with van der Waals surface area (Å²) in [5, 5.41) is 9.00. The Hall–Kier alpha value is -1.65. The molecule has 3 N–H and O–H groups in total. The van der Waals surface area contributed by atoms with Crippen LogP contribution >= 0.6 is 0 Å². The Bertz CT molecular complexity index is 413. The summed E-state index contributed by atoms with van der Waals surface area (Å²) >= 11 is 0. The number of hydrogen-bond acceptors (Lipinski definition) is 4. The van der Waals surface area contributed by atoms with E-state index >= 15 is 0 Å². The molecule has 1 heterocycles. The Morgan fingerprint density at radius 3 is 2.67 bits per heavy atom. The number of anilines is 1. The lowest BCUT2D eigenvalue weighted by Crippen LogP contribution is -2.12. The van der Waals surface area contributed by atoms with E-state index in [-0.39, 0.29) is 5.69 Å². The van der Waals surface area contributed by atoms with Crippen molar-refractivity contribution >= 4 is 11.8 Å². The second-order valence-corrected chi connectivity index (χ2v) is 3.73. The Kier molecular flexibility index (Phi) is 2.30. The monoisotopic (exact) mass is 207 g/mol. The number of nitrogen functional groups attached to an aromatic ring is 1. The maximum absolute atomic E-state index is 11.0. The van der Waals surface area contributed by atoms with Gasteiger partial charge in [-0.05, 0) is 19.3 Å². The Labute approximate surface area is 87.4 Å². The molecule has 0 bridgehead atoms. The molecule has 0 saturated heterocycles. The molecule has 15 heavy (non-hydrogen) atoms. The maximum atomic E-state index is 11.0. The van der Waals surface area contributed by atoms with Gasteiger partial charge in [0.05, 0.1) is 0 Å². The minimum Gasteiger partial charge on any atom is -0.476 e. The first-order chi connectivity index (χ1) is 7.13. The molecule has 0 amide bonds. The molecule has 1 aliphatic carbocycles. The minimum atomic E-state index is -1.03. The van der Waals surface area contributed by atoms with Crippen molar-refractivity contribution in [1.29, 1.82) is 0 Å². The van der Waals surface area contributed by atoms with Crippen molar-refractivity contribution in [2.24, 2.45) is 0 Å². The Morgan fingerprint density at radius 2 is 2.20 bits per heavy atom. The highest BCUT2D eigenvalue weighted by atomic mass is 16.4. The molecule has 5 nitrogen and oxygen atoms in total. The van der Waals surface area contributed by atoms with Gasteiger partial charge in [0.25, 0.3) is 0 Å². The molecule has 1 aliphatic rings. The van der Waals surface area contributed by atoms with Gasteiger partial charge in [0.1, 0.15) is 11.6 Å². The third kappa shape index (κ3) is 1.77. The summed E-state index contributed by atoms with van der Waals surface area (Å²) in [6.07, 6.45) is 2.60. The van der Waals surface area contributed by atoms with E-state index in [4.69, 9.17) is 10.8 Å². The number of carbonyl (C=O) groups is 1. The molecule has 0 aromatic carbocycles. The highest BCUT2D eigenvalue weighted by Gasteiger charge is 2.29. The maximum Gasteiger partial charge on any atom is 0.354 e. The highest BCUT2D eigenvalue weighted by molar-refractivity contribution is 5.88. The van der Waals surface area contributed by atoms with E-state index in [1.165, 1.54) is 0 Å². The summed E-state index contributed by atoms with van der Waals surface area (Å²) in [7, 11) is 0. The van der Waals surface area contributed by atoms with Crippen molar-refractivity contribution in [2.75, 3.05) is 5.73 Å². The fourth-order valence-electron chi connectivity index (χ4n) is 1.57. The molecule has 80 valence electrons. The average molecular weight is 207 g/mol. The average Bonchev–Trinajstić information content (AvgIpc) is 2.99. The molecule has 2 rings (SSSR count). The van der Waals surface area contributed by atoms with Crippen molar-refractivity contribution in [3.63, 3.8) is 0 Å². The van der Waals surface area contributed by atoms with E-state index in [1.807, 2.05) is 6.92 Å². The van der Waals surface area contributed by atoms with E-state index in [9.17, 15) is 4.79 Å². The summed E-state index contributed by atoms with van der Waals surface area (Å²) in [4.78, 5) is 19.2. The zero-order valence-electron chi connectivity index (χ0n) is 8.53. The van der Waals surface area contributed by atoms with Gasteiger partial charge < -0.3 is 10.8 Å². The summed E-state index contributed by atoms with van der Waals surface area (Å²) in [6, 6.07) is 0. The van der Waals surface area contributed by atoms with Crippen LogP contribution in [-0.4, -0.2) is 21.0 Å². The van der Waals surface area contributed by atoms with Crippen molar-refractivity contribution in [1.82, 2.24) is 9.97 Å². The van der Waals surface area contributed by atoms with Crippen molar-refractivity contribution in [3.05, 3.63) is 17.1 Å². The Balaban J connectivity index is 2.52. The van der Waals surface area contributed by atoms with Gasteiger partial charge in [0.2, 0.25) is 0 Å². The summed E-state index contributed by atoms with van der Waals surface area (Å²) < 4.78 is 0. The van der Waals surface area contributed by atoms with Crippen molar-refractivity contribution in [3.8, 4) is 0 Å². The predicted molar refractivity (Wildman–Crippen MR) is 54.8 cm³/mol. The number of aromatic carboxylic acids is 1. The zero-order valence-corrected chi connectivity index (χ0v) is 8.53. The topological polar surface area (TPSA) is 89.1 Å². The molecule has 0 radical (unpaired) electrons. The third-order valence-corrected chi connectivity index (χ3v) is 2.56. The Morgan fingerprint density at radius 1 is 1.53 bits per heavy atom. The van der Waals surface area contributed by atoms with Gasteiger partial charge in [0, 0.05) is 11.5 Å². The van der Waals surface area contributed by atoms with Crippen LogP contribution in [0.25, 0.3) is 0 Å². The van der Waals surface area contributed by atoms with Gasteiger partial charge in [-0.15, -0.1) is 0 Å². The zero-order chi connectivity index (χ0) is 11.0. The quantitative estimate of drug-likeness (QED) is 0.777. The largest absolute Gasteiger partial charge is 0.476 e. The number of carboxylic acids is 1. The van der Waals surface area contributed by atoms with E-state index < -0.39 is 5.97 Å². The second-order valence-electron chi connectivity index (χ2n) is 3.73. The van der Waals surface area contributed by atoms with Crippen LogP contribution in [-0.2, 0) is 6.42 Å². The smallest absolute Gasteiger partial charge is 0.354 e. The first-order valence-electron chi connectivity index (χ1n) is 5.03. The van der Waals surface area contributed by atoms with Crippen LogP contribution in [0.1, 0.15) is 47.6 Å². The summed E-state index contributed by atoms with van der Waals surface area (Å²) in [6.45, 7) is 1.85. The van der Waals surface area contributed by atoms with Gasteiger partial charge in [-0.3, -0.25) is 0 Å². The number of nitrogens with zero attached hydrogens (tertiary/aromatic N) is 2. The summed E-state index contributed by atoms with van der Waals surface area (Å²) in [5.41, 5.74) is 6.32. The van der Waals surface area contributed by atoms with Gasteiger partial charge in [-0.25, -0.2) is 14.8 Å². The van der Waals surface area contributed by atoms with Crippen LogP contribution < -0.4 is 5.73 Å². The predicted octanol–water partition coefficient (Wildman–Crippen LogP) is 1.20. The molecule has 1 fully saturated rings. The van der Waals surface area contributed by atoms with Crippen LogP contribution in [0.4, 0.5) is 5.82 Å². The van der Waals surface area contributed by atoms with Crippen LogP contribution in [0.2, 0.25) is 0 Å². The molecule has 1 saturated carbocycles. The van der Waals surface area contributed by atoms with Gasteiger partial charge in [-0.2, -0.15) is 0 Å². The van der Waals surface area contributed by atoms with Crippen LogP contribution in [0.3, 0.4) is 0 Å². The molecule has 0 spiro atoms. The van der Waals surface area contributed by atoms with E-state index in [0.29, 0.717) is 29.5 Å². The number of nitrogens with two attached hydrogens (primary N) is 1. The number of hydrogen-bond donors (Lipinski definition) is 2. The number of rotatable bonds is 3. The molecule has 0 aliphatic heterocycles. The fourth-order valence-corrected chi connectivity index (χ4v) is 1.57. The second kappa shape index (κ2) is 3.49. The lowest BCUT2D eigenvalue weighted by atomic mass is 10.1. The van der Waals surface area contributed by atoms with Crippen molar-refractivity contribution < 1.29 is 9.90 Å². The number of carboxylic acid groups (broad SMARTS) is 1. The van der Waals surface area contributed by atoms with Crippen molar-refractivity contribution in [2.45, 2.75) is 32.1 Å². The third-order valence-electron chi connectivity index (χ3n) is 2.56. The molecule has 0 atom stereocenters. The first kappa shape index (κ1) is 9.89. The number of aromatic nitrogens is 2. The SMILES string of the molecule is CCc1c(N)nc(C2CC2)nc1C(=O)O. The lowest BCUT2D eigenvalue weighted by Gasteiger charge is -2.07. The molecular weight excluding hydrogens is 194 g/mol. The standard InChI is InChI=1S/C10H13N3O2/c1-2-6-7(10(14)15)12-9(5-3-4-5)13-8(6)11/h5H,2-4H2,1H3,(H,14,15)(H2,11,12,13). The molecular formula is C10H13N3O2. The highest BCUT2D eigenvalue weighted by Crippen LogP contribution is 2.38. The van der Waals surface area contributed by atoms with E-state index in [2.05, 4.69) is 9.97 Å². The molecule has 1 aromatic heterocycles. The van der Waals surface area contributed by atoms with Crippen LogP contribution in [0.5, 0.6) is 0 Å². The van der Waals surface area contributed by atoms with Gasteiger partial charge >= 0.3 is 5.97 Å². The normalized spacial score (nSPS) is 15.3. The fraction of sp³-hybridized carbons (Fsp3) is 0.500. The van der Waals surface area contributed by atoms with E-state index in [1.54, 1.807) is 0 Å². The van der Waals surface area contributed by atoms with Crippen LogP contribution in [0.15, 0.2) is 0 Å².